The zero-order valence-electron chi connectivity index (χ0n) is 17.9. The predicted octanol–water partition coefficient (Wildman–Crippen LogP) is 5.21. The maximum Gasteiger partial charge on any atom is 0.183 e. The van der Waals surface area contributed by atoms with Crippen molar-refractivity contribution >= 4 is 34.1 Å². The third kappa shape index (κ3) is 5.50. The Morgan fingerprint density at radius 2 is 1.97 bits per heavy atom. The standard InChI is InChI=1S/C23H32N4OS2/c1-23(2,16-28)26-19-13-27(29-15-17-9-5-3-6-10-17)14-20-21(19)25-22(30-20)24-18-11-7-4-8-12-18/h3,5-6,9-10,13,18,26,28H,4,7-8,11-12,14-16H2,1-2H3,(H,24,25). The highest BCUT2D eigenvalue weighted by atomic mass is 32.2. The molecule has 1 aliphatic carbocycles. The topological polar surface area (TPSA) is 60.4 Å². The monoisotopic (exact) mass is 444 g/mol. The Kier molecular flexibility index (Phi) is 6.91. The minimum atomic E-state index is -0.406. The van der Waals surface area contributed by atoms with Crippen LogP contribution in [0.2, 0.25) is 0 Å². The Hall–Kier alpha value is -1.70. The van der Waals surface area contributed by atoms with Gasteiger partial charge in [0.1, 0.15) is 5.69 Å². The molecule has 30 heavy (non-hydrogen) atoms. The van der Waals surface area contributed by atoms with Gasteiger partial charge in [-0.15, -0.1) is 0 Å². The van der Waals surface area contributed by atoms with E-state index >= 15 is 0 Å². The van der Waals surface area contributed by atoms with Crippen LogP contribution in [0, 0.1) is 0 Å². The van der Waals surface area contributed by atoms with Gasteiger partial charge in [-0.1, -0.05) is 60.9 Å². The van der Waals surface area contributed by atoms with Gasteiger partial charge in [0.15, 0.2) is 5.13 Å². The lowest BCUT2D eigenvalue weighted by Crippen LogP contribution is -2.42. The maximum absolute atomic E-state index is 9.77. The number of aliphatic hydroxyl groups excluding tert-OH is 1. The minimum Gasteiger partial charge on any atom is -0.394 e. The van der Waals surface area contributed by atoms with Crippen molar-refractivity contribution in [3.63, 3.8) is 0 Å². The average Bonchev–Trinajstić information content (AvgIpc) is 3.16. The van der Waals surface area contributed by atoms with E-state index in [4.69, 9.17) is 4.98 Å². The summed E-state index contributed by atoms with van der Waals surface area (Å²) < 4.78 is 2.29. The summed E-state index contributed by atoms with van der Waals surface area (Å²) in [6.07, 6.45) is 8.60. The van der Waals surface area contributed by atoms with Gasteiger partial charge in [-0.25, -0.2) is 4.98 Å². The van der Waals surface area contributed by atoms with Gasteiger partial charge in [-0.3, -0.25) is 0 Å². The first-order valence-electron chi connectivity index (χ1n) is 10.8. The number of hydrogen-bond acceptors (Lipinski definition) is 7. The first kappa shape index (κ1) is 21.5. The van der Waals surface area contributed by atoms with Gasteiger partial charge in [0.2, 0.25) is 0 Å². The quantitative estimate of drug-likeness (QED) is 0.486. The van der Waals surface area contributed by atoms with Gasteiger partial charge in [0.05, 0.1) is 29.3 Å². The van der Waals surface area contributed by atoms with Crippen molar-refractivity contribution < 1.29 is 5.11 Å². The molecule has 2 aliphatic rings. The molecule has 2 heterocycles. The van der Waals surface area contributed by atoms with E-state index in [1.165, 1.54) is 42.5 Å². The molecular weight excluding hydrogens is 412 g/mol. The number of hydrogen-bond donors (Lipinski definition) is 3. The molecule has 0 radical (unpaired) electrons. The van der Waals surface area contributed by atoms with Crippen LogP contribution in [0.25, 0.3) is 5.70 Å². The smallest absolute Gasteiger partial charge is 0.183 e. The zero-order chi connectivity index (χ0) is 21.0. The third-order valence-electron chi connectivity index (χ3n) is 5.57. The van der Waals surface area contributed by atoms with Crippen LogP contribution in [0.5, 0.6) is 0 Å². The fraction of sp³-hybridized carbons (Fsp3) is 0.522. The Bertz CT molecular complexity index is 859. The number of anilines is 1. The van der Waals surface area contributed by atoms with Crippen molar-refractivity contribution in [3.05, 3.63) is 52.7 Å². The van der Waals surface area contributed by atoms with Gasteiger partial charge >= 0.3 is 0 Å². The van der Waals surface area contributed by atoms with E-state index in [9.17, 15) is 5.11 Å². The van der Waals surface area contributed by atoms with Gasteiger partial charge in [0, 0.05) is 18.0 Å². The number of nitrogens with one attached hydrogen (secondary N) is 2. The van der Waals surface area contributed by atoms with Crippen LogP contribution in [0.4, 0.5) is 5.13 Å². The number of aromatic nitrogens is 1. The van der Waals surface area contributed by atoms with E-state index in [1.807, 2.05) is 25.8 Å². The van der Waals surface area contributed by atoms with Crippen molar-refractivity contribution in [2.75, 3.05) is 11.9 Å². The molecule has 0 unspecified atom stereocenters. The number of rotatable bonds is 8. The van der Waals surface area contributed by atoms with Gasteiger partial charge in [-0.05, 0) is 44.2 Å². The molecule has 1 aromatic heterocycles. The summed E-state index contributed by atoms with van der Waals surface area (Å²) in [4.78, 5) is 6.23. The molecule has 1 aliphatic heterocycles. The highest BCUT2D eigenvalue weighted by Crippen LogP contribution is 2.37. The molecule has 2 aromatic rings. The van der Waals surface area contributed by atoms with Gasteiger partial charge in [-0.2, -0.15) is 0 Å². The van der Waals surface area contributed by atoms with Crippen LogP contribution < -0.4 is 10.6 Å². The summed E-state index contributed by atoms with van der Waals surface area (Å²) in [5.74, 6) is 0.926. The normalized spacial score (nSPS) is 17.4. The van der Waals surface area contributed by atoms with Crippen LogP contribution in [0.3, 0.4) is 0 Å². The number of thiazole rings is 1. The Morgan fingerprint density at radius 3 is 2.70 bits per heavy atom. The van der Waals surface area contributed by atoms with Crippen LogP contribution in [-0.4, -0.2) is 32.6 Å². The SMILES string of the molecule is CC(C)(CO)NC1=CN(SCc2ccccc2)Cc2sc(NC3CCCCC3)nc21. The zero-order valence-corrected chi connectivity index (χ0v) is 19.5. The summed E-state index contributed by atoms with van der Waals surface area (Å²) in [6.45, 7) is 4.93. The Morgan fingerprint density at radius 1 is 1.20 bits per heavy atom. The number of benzene rings is 1. The van der Waals surface area contributed by atoms with E-state index in [1.54, 1.807) is 11.3 Å². The predicted molar refractivity (Wildman–Crippen MR) is 128 cm³/mol. The molecule has 4 rings (SSSR count). The number of aliphatic hydroxyl groups is 1. The third-order valence-corrected chi connectivity index (χ3v) is 7.57. The van der Waals surface area contributed by atoms with E-state index in [0.29, 0.717) is 6.04 Å². The molecule has 1 fully saturated rings. The molecule has 0 atom stereocenters. The van der Waals surface area contributed by atoms with Gasteiger partial charge < -0.3 is 20.0 Å². The van der Waals surface area contributed by atoms with E-state index in [-0.39, 0.29) is 6.61 Å². The van der Waals surface area contributed by atoms with Crippen molar-refractivity contribution in [2.45, 2.75) is 69.8 Å². The molecule has 3 N–H and O–H groups in total. The van der Waals surface area contributed by atoms with Crippen molar-refractivity contribution in [1.29, 1.82) is 0 Å². The summed E-state index contributed by atoms with van der Waals surface area (Å²) in [6, 6.07) is 11.1. The summed E-state index contributed by atoms with van der Waals surface area (Å²) in [7, 11) is 0. The summed E-state index contributed by atoms with van der Waals surface area (Å²) >= 11 is 3.58. The van der Waals surface area contributed by atoms with E-state index in [2.05, 4.69) is 51.5 Å². The lowest BCUT2D eigenvalue weighted by Gasteiger charge is -2.31. The van der Waals surface area contributed by atoms with E-state index in [0.717, 1.165) is 28.8 Å². The van der Waals surface area contributed by atoms with Crippen molar-refractivity contribution in [1.82, 2.24) is 14.6 Å². The Labute approximate surface area is 188 Å². The van der Waals surface area contributed by atoms with Gasteiger partial charge in [0.25, 0.3) is 0 Å². The molecule has 5 nitrogen and oxygen atoms in total. The molecule has 162 valence electrons. The van der Waals surface area contributed by atoms with Crippen LogP contribution in [0.15, 0.2) is 36.5 Å². The molecule has 7 heteroatoms. The summed E-state index contributed by atoms with van der Waals surface area (Å²) in [5, 5.41) is 18.0. The lowest BCUT2D eigenvalue weighted by molar-refractivity contribution is 0.203. The molecule has 0 bridgehead atoms. The largest absolute Gasteiger partial charge is 0.394 e. The first-order valence-corrected chi connectivity index (χ1v) is 12.6. The fourth-order valence-corrected chi connectivity index (χ4v) is 5.90. The second kappa shape index (κ2) is 9.62. The molecule has 0 amide bonds. The second-order valence-electron chi connectivity index (χ2n) is 8.81. The molecule has 0 spiro atoms. The molecule has 0 saturated heterocycles. The maximum atomic E-state index is 9.77. The molecular formula is C23H32N4OS2. The number of nitrogens with zero attached hydrogens (tertiary/aromatic N) is 2. The van der Waals surface area contributed by atoms with E-state index < -0.39 is 5.54 Å². The second-order valence-corrected chi connectivity index (χ2v) is 10.9. The Balaban J connectivity index is 1.51. The number of fused-ring (bicyclic) bond motifs is 1. The summed E-state index contributed by atoms with van der Waals surface area (Å²) in [5.41, 5.74) is 2.92. The van der Waals surface area contributed by atoms with Crippen molar-refractivity contribution in [3.8, 4) is 0 Å². The molecule has 1 aromatic carbocycles. The highest BCUT2D eigenvalue weighted by Gasteiger charge is 2.27. The first-order chi connectivity index (χ1) is 14.5. The van der Waals surface area contributed by atoms with Crippen LogP contribution in [-0.2, 0) is 12.3 Å². The molecule has 1 saturated carbocycles. The van der Waals surface area contributed by atoms with Crippen molar-refractivity contribution in [2.24, 2.45) is 0 Å². The minimum absolute atomic E-state index is 0.0636. The highest BCUT2D eigenvalue weighted by molar-refractivity contribution is 7.96. The van der Waals surface area contributed by atoms with Crippen LogP contribution in [0.1, 0.15) is 62.1 Å². The van der Waals surface area contributed by atoms with Crippen LogP contribution >= 0.6 is 23.3 Å². The fourth-order valence-electron chi connectivity index (χ4n) is 3.86. The average molecular weight is 445 g/mol. The lowest BCUT2D eigenvalue weighted by atomic mass is 9.96.